The molecule has 1 N–H and O–H groups in total. The zero-order valence-electron chi connectivity index (χ0n) is 12.1. The van der Waals surface area contributed by atoms with Crippen molar-refractivity contribution in [2.75, 3.05) is 0 Å². The van der Waals surface area contributed by atoms with E-state index in [1.54, 1.807) is 38.4 Å². The van der Waals surface area contributed by atoms with Gasteiger partial charge in [0.1, 0.15) is 0 Å². The van der Waals surface area contributed by atoms with Crippen molar-refractivity contribution >= 4 is 15.7 Å². The number of nitrogens with zero attached hydrogens (tertiary/aromatic N) is 2. The minimum absolute atomic E-state index is 0.0948. The van der Waals surface area contributed by atoms with Gasteiger partial charge < -0.3 is 0 Å². The highest BCUT2D eigenvalue weighted by Crippen LogP contribution is 2.23. The van der Waals surface area contributed by atoms with Gasteiger partial charge in [-0.15, -0.1) is 0 Å². The van der Waals surface area contributed by atoms with Gasteiger partial charge in [0.25, 0.3) is 5.69 Å². The van der Waals surface area contributed by atoms with E-state index in [1.165, 1.54) is 12.1 Å². The molecular formula is C14H15N3O4S. The SMILES string of the molecule is Cc1ccc([N+](=O)[O-])cc1S(=O)(=O)N[C@H](C)c1ccncc1. The van der Waals surface area contributed by atoms with Crippen LogP contribution in [-0.4, -0.2) is 18.3 Å². The predicted molar refractivity (Wildman–Crippen MR) is 80.8 cm³/mol. The molecule has 116 valence electrons. The molecule has 8 heteroatoms. The van der Waals surface area contributed by atoms with Crippen molar-refractivity contribution in [1.82, 2.24) is 9.71 Å². The lowest BCUT2D eigenvalue weighted by molar-refractivity contribution is -0.385. The highest BCUT2D eigenvalue weighted by molar-refractivity contribution is 7.89. The number of pyridine rings is 1. The molecule has 1 heterocycles. The first-order valence-electron chi connectivity index (χ1n) is 6.48. The van der Waals surface area contributed by atoms with Crippen molar-refractivity contribution in [3.63, 3.8) is 0 Å². The number of aromatic nitrogens is 1. The minimum Gasteiger partial charge on any atom is -0.265 e. The van der Waals surface area contributed by atoms with Crippen LogP contribution in [0.5, 0.6) is 0 Å². The van der Waals surface area contributed by atoms with Gasteiger partial charge in [-0.3, -0.25) is 15.1 Å². The monoisotopic (exact) mass is 321 g/mol. The maximum atomic E-state index is 12.5. The summed E-state index contributed by atoms with van der Waals surface area (Å²) in [5, 5.41) is 10.8. The van der Waals surface area contributed by atoms with E-state index in [9.17, 15) is 18.5 Å². The number of sulfonamides is 1. The normalized spacial score (nSPS) is 12.8. The van der Waals surface area contributed by atoms with Gasteiger partial charge in [-0.25, -0.2) is 13.1 Å². The molecule has 1 aromatic carbocycles. The Kier molecular flexibility index (Phi) is 4.53. The van der Waals surface area contributed by atoms with Crippen LogP contribution in [0.4, 0.5) is 5.69 Å². The molecule has 1 atom stereocenters. The van der Waals surface area contributed by atoms with Crippen LogP contribution in [0.3, 0.4) is 0 Å². The molecule has 2 rings (SSSR count). The number of aryl methyl sites for hydroxylation is 1. The van der Waals surface area contributed by atoms with Crippen molar-refractivity contribution in [1.29, 1.82) is 0 Å². The van der Waals surface area contributed by atoms with Crippen molar-refractivity contribution in [3.8, 4) is 0 Å². The summed E-state index contributed by atoms with van der Waals surface area (Å²) in [6, 6.07) is 6.69. The third-order valence-electron chi connectivity index (χ3n) is 3.21. The first-order valence-corrected chi connectivity index (χ1v) is 7.97. The summed E-state index contributed by atoms with van der Waals surface area (Å²) in [6.45, 7) is 3.29. The van der Waals surface area contributed by atoms with Crippen molar-refractivity contribution in [3.05, 3.63) is 64.0 Å². The smallest absolute Gasteiger partial charge is 0.265 e. The van der Waals surface area contributed by atoms with Gasteiger partial charge in [0.2, 0.25) is 10.0 Å². The van der Waals surface area contributed by atoms with E-state index in [0.717, 1.165) is 11.6 Å². The number of hydrogen-bond donors (Lipinski definition) is 1. The van der Waals surface area contributed by atoms with Crippen LogP contribution < -0.4 is 4.72 Å². The summed E-state index contributed by atoms with van der Waals surface area (Å²) in [5.41, 5.74) is 0.934. The summed E-state index contributed by atoms with van der Waals surface area (Å²) >= 11 is 0. The molecule has 2 aromatic rings. The van der Waals surface area contributed by atoms with E-state index in [0.29, 0.717) is 5.56 Å². The van der Waals surface area contributed by atoms with Crippen LogP contribution in [0.2, 0.25) is 0 Å². The van der Waals surface area contributed by atoms with Gasteiger partial charge in [-0.05, 0) is 37.1 Å². The Morgan fingerprint density at radius 2 is 1.86 bits per heavy atom. The molecule has 0 aliphatic heterocycles. The van der Waals surface area contributed by atoms with E-state index in [2.05, 4.69) is 9.71 Å². The molecule has 0 aliphatic carbocycles. The van der Waals surface area contributed by atoms with Gasteiger partial charge in [0.15, 0.2) is 0 Å². The quantitative estimate of drug-likeness (QED) is 0.672. The fraction of sp³-hybridized carbons (Fsp3) is 0.214. The van der Waals surface area contributed by atoms with Crippen LogP contribution in [0.15, 0.2) is 47.6 Å². The third-order valence-corrected chi connectivity index (χ3v) is 4.89. The summed E-state index contributed by atoms with van der Waals surface area (Å²) in [4.78, 5) is 14.0. The Labute approximate surface area is 128 Å². The average molecular weight is 321 g/mol. The topological polar surface area (TPSA) is 102 Å². The second-order valence-electron chi connectivity index (χ2n) is 4.83. The zero-order chi connectivity index (χ0) is 16.3. The van der Waals surface area contributed by atoms with Gasteiger partial charge in [-0.1, -0.05) is 6.07 Å². The molecular weight excluding hydrogens is 306 g/mol. The molecule has 1 aromatic heterocycles. The van der Waals surface area contributed by atoms with Gasteiger partial charge in [0, 0.05) is 30.6 Å². The van der Waals surface area contributed by atoms with E-state index >= 15 is 0 Å². The largest absolute Gasteiger partial charge is 0.270 e. The zero-order valence-corrected chi connectivity index (χ0v) is 12.9. The Balaban J connectivity index is 2.35. The molecule has 0 spiro atoms. The molecule has 0 fully saturated rings. The number of nitro benzene ring substituents is 1. The van der Waals surface area contributed by atoms with Crippen LogP contribution in [-0.2, 0) is 10.0 Å². The minimum atomic E-state index is -3.87. The lowest BCUT2D eigenvalue weighted by atomic mass is 10.1. The Morgan fingerprint density at radius 3 is 2.45 bits per heavy atom. The molecule has 0 aliphatic rings. The van der Waals surface area contributed by atoms with Crippen LogP contribution in [0, 0.1) is 17.0 Å². The molecule has 0 bridgehead atoms. The van der Waals surface area contributed by atoms with Crippen molar-refractivity contribution < 1.29 is 13.3 Å². The summed E-state index contributed by atoms with van der Waals surface area (Å²) < 4.78 is 27.4. The lowest BCUT2D eigenvalue weighted by Crippen LogP contribution is -2.27. The number of non-ortho nitro benzene ring substituents is 1. The van der Waals surface area contributed by atoms with E-state index in [4.69, 9.17) is 0 Å². The third kappa shape index (κ3) is 3.46. The van der Waals surface area contributed by atoms with Crippen molar-refractivity contribution in [2.45, 2.75) is 24.8 Å². The van der Waals surface area contributed by atoms with E-state index in [-0.39, 0.29) is 10.6 Å². The van der Waals surface area contributed by atoms with Crippen LogP contribution >= 0.6 is 0 Å². The maximum Gasteiger partial charge on any atom is 0.270 e. The maximum absolute atomic E-state index is 12.5. The highest BCUT2D eigenvalue weighted by Gasteiger charge is 2.22. The second kappa shape index (κ2) is 6.20. The van der Waals surface area contributed by atoms with Gasteiger partial charge in [-0.2, -0.15) is 0 Å². The number of nitro groups is 1. The van der Waals surface area contributed by atoms with Gasteiger partial charge in [0.05, 0.1) is 9.82 Å². The highest BCUT2D eigenvalue weighted by atomic mass is 32.2. The standard InChI is InChI=1S/C14H15N3O4S/c1-10-3-4-13(17(18)19)9-14(10)22(20,21)16-11(2)12-5-7-15-8-6-12/h3-9,11,16H,1-2H3/t11-/m1/s1. The molecule has 0 amide bonds. The molecule has 22 heavy (non-hydrogen) atoms. The number of hydrogen-bond acceptors (Lipinski definition) is 5. The average Bonchev–Trinajstić information content (AvgIpc) is 2.47. The van der Waals surface area contributed by atoms with Crippen LogP contribution in [0.25, 0.3) is 0 Å². The Bertz CT molecular complexity index is 791. The first-order chi connectivity index (χ1) is 10.3. The summed E-state index contributed by atoms with van der Waals surface area (Å²) in [6.07, 6.45) is 3.14. The number of rotatable bonds is 5. The Hall–Kier alpha value is -2.32. The van der Waals surface area contributed by atoms with Crippen molar-refractivity contribution in [2.24, 2.45) is 0 Å². The fourth-order valence-electron chi connectivity index (χ4n) is 2.01. The summed E-state index contributed by atoms with van der Waals surface area (Å²) in [7, 11) is -3.87. The van der Waals surface area contributed by atoms with E-state index in [1.807, 2.05) is 0 Å². The molecule has 7 nitrogen and oxygen atoms in total. The van der Waals surface area contributed by atoms with E-state index < -0.39 is 21.0 Å². The first kappa shape index (κ1) is 16.1. The number of nitrogens with one attached hydrogen (secondary N) is 1. The second-order valence-corrected chi connectivity index (χ2v) is 6.51. The molecule has 0 saturated heterocycles. The number of benzene rings is 1. The fourth-order valence-corrected chi connectivity index (χ4v) is 3.50. The molecule has 0 radical (unpaired) electrons. The molecule has 0 saturated carbocycles. The predicted octanol–water partition coefficient (Wildman–Crippen LogP) is 2.34. The lowest BCUT2D eigenvalue weighted by Gasteiger charge is -2.15. The van der Waals surface area contributed by atoms with Crippen LogP contribution in [0.1, 0.15) is 24.1 Å². The summed E-state index contributed by atoms with van der Waals surface area (Å²) in [5.74, 6) is 0. The van der Waals surface area contributed by atoms with Gasteiger partial charge >= 0.3 is 0 Å². The molecule has 0 unspecified atom stereocenters. The Morgan fingerprint density at radius 1 is 1.23 bits per heavy atom.